The molecule has 1 saturated heterocycles. The molecule has 2 aromatic carbocycles. The van der Waals surface area contributed by atoms with Gasteiger partial charge < -0.3 is 19.7 Å². The second kappa shape index (κ2) is 14.4. The van der Waals surface area contributed by atoms with Crippen LogP contribution in [-0.2, 0) is 27.5 Å². The lowest BCUT2D eigenvalue weighted by Crippen LogP contribution is -2.45. The van der Waals surface area contributed by atoms with E-state index in [1.54, 1.807) is 0 Å². The lowest BCUT2D eigenvalue weighted by atomic mass is 9.99. The number of aliphatic hydroxyl groups is 1. The van der Waals surface area contributed by atoms with Gasteiger partial charge in [-0.15, -0.1) is 0 Å². The van der Waals surface area contributed by atoms with Crippen LogP contribution >= 0.6 is 0 Å². The second-order valence-corrected chi connectivity index (χ2v) is 10.2. The number of hydrogen-bond acceptors (Lipinski definition) is 5. The van der Waals surface area contributed by atoms with Gasteiger partial charge in [0.05, 0.1) is 32.0 Å². The van der Waals surface area contributed by atoms with E-state index < -0.39 is 5.97 Å². The minimum Gasteiger partial charge on any atom is -0.481 e. The maximum absolute atomic E-state index is 10.7. The van der Waals surface area contributed by atoms with Gasteiger partial charge in [0.1, 0.15) is 0 Å². The number of benzene rings is 2. The normalized spacial score (nSPS) is 22.9. The monoisotopic (exact) mass is 507 g/mol. The Kier molecular flexibility index (Phi) is 10.7. The van der Waals surface area contributed by atoms with Gasteiger partial charge in [0, 0.05) is 12.5 Å². The van der Waals surface area contributed by atoms with Gasteiger partial charge in [-0.25, -0.2) is 0 Å². The quantitative estimate of drug-likeness (QED) is 0.366. The van der Waals surface area contributed by atoms with Crippen molar-refractivity contribution in [3.8, 4) is 11.1 Å². The Morgan fingerprint density at radius 3 is 2.43 bits per heavy atom. The zero-order valence-corrected chi connectivity index (χ0v) is 21.8. The Hall–Kier alpha value is -2.51. The first kappa shape index (κ1) is 27.5. The summed E-state index contributed by atoms with van der Waals surface area (Å²) in [6.45, 7) is 3.29. The smallest absolute Gasteiger partial charge is 0.303 e. The van der Waals surface area contributed by atoms with Crippen LogP contribution in [-0.4, -0.2) is 59.0 Å². The average molecular weight is 508 g/mol. The summed E-state index contributed by atoms with van der Waals surface area (Å²) in [4.78, 5) is 13.4. The summed E-state index contributed by atoms with van der Waals surface area (Å²) < 4.78 is 12.9. The molecule has 2 fully saturated rings. The Labute approximate surface area is 220 Å². The van der Waals surface area contributed by atoms with Gasteiger partial charge in [0.25, 0.3) is 0 Å². The molecule has 2 N–H and O–H groups in total. The highest BCUT2D eigenvalue weighted by atomic mass is 16.5. The van der Waals surface area contributed by atoms with E-state index in [1.165, 1.54) is 25.7 Å². The standard InChI is InChI=1S/C31H41NO5/c33-22-26-10-5-6-11-27(26)25-15-13-24(14-16-25)23-37-29-18-17-28(32-19-7-1-2-8-20-32)31(29)36-21-9-3-4-12-30(34)35/h3,5-6,9-11,13-16,28-29,31,33H,1-2,4,7-8,12,17-23H2,(H,34,35)/b9-3-. The van der Waals surface area contributed by atoms with Crippen LogP contribution in [0.15, 0.2) is 60.7 Å². The van der Waals surface area contributed by atoms with E-state index in [2.05, 4.69) is 29.2 Å². The largest absolute Gasteiger partial charge is 0.481 e. The van der Waals surface area contributed by atoms with E-state index in [9.17, 15) is 9.90 Å². The zero-order chi connectivity index (χ0) is 25.9. The first-order chi connectivity index (χ1) is 18.2. The van der Waals surface area contributed by atoms with Crippen molar-refractivity contribution in [1.29, 1.82) is 0 Å². The molecule has 1 saturated carbocycles. The lowest BCUT2D eigenvalue weighted by molar-refractivity contribution is -0.136. The van der Waals surface area contributed by atoms with Gasteiger partial charge >= 0.3 is 5.97 Å². The summed E-state index contributed by atoms with van der Waals surface area (Å²) in [5.74, 6) is -0.776. The number of hydrogen-bond donors (Lipinski definition) is 2. The van der Waals surface area contributed by atoms with E-state index in [0.29, 0.717) is 25.7 Å². The number of allylic oxidation sites excluding steroid dienone is 1. The highest BCUT2D eigenvalue weighted by Crippen LogP contribution is 2.32. The van der Waals surface area contributed by atoms with Crippen LogP contribution in [0.5, 0.6) is 0 Å². The van der Waals surface area contributed by atoms with Gasteiger partial charge in [0.2, 0.25) is 0 Å². The molecule has 0 bridgehead atoms. The molecule has 200 valence electrons. The molecular weight excluding hydrogens is 466 g/mol. The SMILES string of the molecule is O=C(O)CC/C=C\COC1C(OCc2ccc(-c3ccccc3CO)cc2)CCC1N1CCCCCC1. The Bertz CT molecular complexity index is 997. The van der Waals surface area contributed by atoms with Crippen molar-refractivity contribution in [1.82, 2.24) is 4.90 Å². The fourth-order valence-electron chi connectivity index (χ4n) is 5.61. The third-order valence-corrected chi connectivity index (χ3v) is 7.60. The van der Waals surface area contributed by atoms with Crippen molar-refractivity contribution in [2.75, 3.05) is 19.7 Å². The Morgan fingerprint density at radius 1 is 0.946 bits per heavy atom. The van der Waals surface area contributed by atoms with Crippen LogP contribution in [0.2, 0.25) is 0 Å². The minimum atomic E-state index is -0.776. The molecule has 0 spiro atoms. The number of carboxylic acids is 1. The van der Waals surface area contributed by atoms with Crippen LogP contribution < -0.4 is 0 Å². The summed E-state index contributed by atoms with van der Waals surface area (Å²) >= 11 is 0. The van der Waals surface area contributed by atoms with Crippen LogP contribution in [0, 0.1) is 0 Å². The molecule has 0 aromatic heterocycles. The summed E-state index contributed by atoms with van der Waals surface area (Å²) in [6.07, 6.45) is 11.7. The maximum atomic E-state index is 10.7. The van der Waals surface area contributed by atoms with E-state index in [1.807, 2.05) is 36.4 Å². The van der Waals surface area contributed by atoms with Gasteiger partial charge in [-0.05, 0) is 67.4 Å². The highest BCUT2D eigenvalue weighted by molar-refractivity contribution is 5.67. The Morgan fingerprint density at radius 2 is 1.70 bits per heavy atom. The molecule has 4 rings (SSSR count). The topological polar surface area (TPSA) is 79.2 Å². The van der Waals surface area contributed by atoms with Crippen LogP contribution in [0.4, 0.5) is 0 Å². The average Bonchev–Trinajstić information content (AvgIpc) is 3.12. The first-order valence-electron chi connectivity index (χ1n) is 13.8. The molecule has 1 aliphatic carbocycles. The summed E-state index contributed by atoms with van der Waals surface area (Å²) in [7, 11) is 0. The lowest BCUT2D eigenvalue weighted by Gasteiger charge is -2.33. The van der Waals surface area contributed by atoms with E-state index in [-0.39, 0.29) is 25.2 Å². The molecule has 1 heterocycles. The fourth-order valence-corrected chi connectivity index (χ4v) is 5.61. The van der Waals surface area contributed by atoms with Crippen molar-refractivity contribution < 1.29 is 24.5 Å². The number of carbonyl (C=O) groups is 1. The highest BCUT2D eigenvalue weighted by Gasteiger charge is 2.40. The number of aliphatic carboxylic acids is 1. The molecular formula is C31H41NO5. The molecule has 6 nitrogen and oxygen atoms in total. The summed E-state index contributed by atoms with van der Waals surface area (Å²) in [5.41, 5.74) is 4.19. The summed E-state index contributed by atoms with van der Waals surface area (Å²) in [6, 6.07) is 16.7. The summed E-state index contributed by atoms with van der Waals surface area (Å²) in [5, 5.41) is 18.5. The van der Waals surface area contributed by atoms with Crippen molar-refractivity contribution >= 4 is 5.97 Å². The molecule has 2 aromatic rings. The number of likely N-dealkylation sites (tertiary alicyclic amines) is 1. The molecule has 3 unspecified atom stereocenters. The molecule has 37 heavy (non-hydrogen) atoms. The van der Waals surface area contributed by atoms with Gasteiger partial charge in [-0.2, -0.15) is 0 Å². The molecule has 6 heteroatoms. The third kappa shape index (κ3) is 7.99. The van der Waals surface area contributed by atoms with Crippen molar-refractivity contribution in [3.05, 3.63) is 71.8 Å². The van der Waals surface area contributed by atoms with Crippen LogP contribution in [0.3, 0.4) is 0 Å². The second-order valence-electron chi connectivity index (χ2n) is 10.2. The van der Waals surface area contributed by atoms with E-state index in [0.717, 1.165) is 48.2 Å². The number of nitrogens with zero attached hydrogens (tertiary/aromatic N) is 1. The van der Waals surface area contributed by atoms with E-state index >= 15 is 0 Å². The predicted octanol–water partition coefficient (Wildman–Crippen LogP) is 5.58. The number of rotatable bonds is 12. The minimum absolute atomic E-state index is 0.0120. The van der Waals surface area contributed by atoms with E-state index in [4.69, 9.17) is 14.6 Å². The molecule has 0 amide bonds. The zero-order valence-electron chi connectivity index (χ0n) is 21.8. The third-order valence-electron chi connectivity index (χ3n) is 7.60. The molecule has 2 aliphatic rings. The van der Waals surface area contributed by atoms with Gasteiger partial charge in [0.15, 0.2) is 0 Å². The van der Waals surface area contributed by atoms with Crippen molar-refractivity contribution in [2.45, 2.75) is 82.8 Å². The van der Waals surface area contributed by atoms with Crippen molar-refractivity contribution in [3.63, 3.8) is 0 Å². The predicted molar refractivity (Wildman–Crippen MR) is 145 cm³/mol. The molecule has 1 aliphatic heterocycles. The first-order valence-corrected chi connectivity index (χ1v) is 13.8. The molecule has 3 atom stereocenters. The molecule has 0 radical (unpaired) electrons. The van der Waals surface area contributed by atoms with Gasteiger partial charge in [-0.3, -0.25) is 9.69 Å². The van der Waals surface area contributed by atoms with Gasteiger partial charge in [-0.1, -0.05) is 73.5 Å². The van der Waals surface area contributed by atoms with Crippen LogP contribution in [0.1, 0.15) is 62.5 Å². The fraction of sp³-hybridized carbons (Fsp3) is 0.516. The van der Waals surface area contributed by atoms with Crippen molar-refractivity contribution in [2.24, 2.45) is 0 Å². The number of ether oxygens (including phenoxy) is 2. The van der Waals surface area contributed by atoms with Crippen LogP contribution in [0.25, 0.3) is 11.1 Å². The maximum Gasteiger partial charge on any atom is 0.303 e. The number of carboxylic acid groups (broad SMARTS) is 1. The Balaban J connectivity index is 1.37. The number of aliphatic hydroxyl groups excluding tert-OH is 1.